The van der Waals surface area contributed by atoms with Crippen LogP contribution in [-0.2, 0) is 20.7 Å². The third-order valence-corrected chi connectivity index (χ3v) is 4.41. The molecule has 0 bridgehead atoms. The zero-order valence-electron chi connectivity index (χ0n) is 14.4. The molecule has 0 radical (unpaired) electrons. The number of carbonyl (C=O) groups excluding carboxylic acids is 2. The fraction of sp³-hybridized carbons (Fsp3) is 0.526. The molecular weight excluding hydrogens is 323 g/mol. The zero-order chi connectivity index (χ0) is 18.2. The van der Waals surface area contributed by atoms with E-state index in [2.05, 4.69) is 6.07 Å². The average Bonchev–Trinajstić information content (AvgIpc) is 2.65. The molecule has 0 N–H and O–H groups in total. The van der Waals surface area contributed by atoms with Gasteiger partial charge in [0.1, 0.15) is 12.4 Å². The fourth-order valence-electron chi connectivity index (χ4n) is 2.97. The van der Waals surface area contributed by atoms with Gasteiger partial charge in [0.2, 0.25) is 5.91 Å². The maximum atomic E-state index is 12.9. The first kappa shape index (κ1) is 18.9. The minimum Gasteiger partial charge on any atom is -0.464 e. The summed E-state index contributed by atoms with van der Waals surface area (Å²) in [4.78, 5) is 25.7. The number of hydrogen-bond donors (Lipinski definition) is 0. The molecular formula is C19H23FN2O3. The number of piperidine rings is 1. The highest BCUT2D eigenvalue weighted by Crippen LogP contribution is 2.19. The first-order chi connectivity index (χ1) is 12.0. The standard InChI is InChI=1S/C19H23FN2O3/c1-2-18(23)22-9-3-4-16(12-22)19(24)25-13-15(11-21)10-14-5-7-17(20)8-6-14/h5-8,15-16H,2-4,9-10,12-13H2,1H3/t15-,16+/m1/s1. The Bertz CT molecular complexity index is 639. The quantitative estimate of drug-likeness (QED) is 0.743. The van der Waals surface area contributed by atoms with Crippen molar-refractivity contribution in [1.82, 2.24) is 4.90 Å². The van der Waals surface area contributed by atoms with Gasteiger partial charge in [0.05, 0.1) is 17.9 Å². The van der Waals surface area contributed by atoms with Crippen LogP contribution in [0.2, 0.25) is 0 Å². The SMILES string of the molecule is CCC(=O)N1CCC[C@H](C(=O)OC[C@@H](C#N)Cc2ccc(F)cc2)C1. The van der Waals surface area contributed by atoms with Crippen molar-refractivity contribution in [3.05, 3.63) is 35.6 Å². The molecule has 1 aromatic rings. The number of halogens is 1. The summed E-state index contributed by atoms with van der Waals surface area (Å²) in [6, 6.07) is 8.06. The molecule has 2 atom stereocenters. The smallest absolute Gasteiger partial charge is 0.310 e. The zero-order valence-corrected chi connectivity index (χ0v) is 14.4. The lowest BCUT2D eigenvalue weighted by Crippen LogP contribution is -2.42. The Labute approximate surface area is 147 Å². The van der Waals surface area contributed by atoms with Gasteiger partial charge in [-0.2, -0.15) is 5.26 Å². The Morgan fingerprint density at radius 2 is 2.12 bits per heavy atom. The lowest BCUT2D eigenvalue weighted by Gasteiger charge is -2.31. The van der Waals surface area contributed by atoms with E-state index in [1.54, 1.807) is 24.0 Å². The van der Waals surface area contributed by atoms with Crippen LogP contribution in [0.1, 0.15) is 31.7 Å². The van der Waals surface area contributed by atoms with Gasteiger partial charge in [0.15, 0.2) is 0 Å². The molecule has 6 heteroatoms. The summed E-state index contributed by atoms with van der Waals surface area (Å²) in [5, 5.41) is 9.24. The van der Waals surface area contributed by atoms with Gasteiger partial charge in [0.25, 0.3) is 0 Å². The summed E-state index contributed by atoms with van der Waals surface area (Å²) in [7, 11) is 0. The molecule has 1 saturated heterocycles. The minimum absolute atomic E-state index is 0.00489. The van der Waals surface area contributed by atoms with Gasteiger partial charge in [-0.1, -0.05) is 19.1 Å². The lowest BCUT2D eigenvalue weighted by atomic mass is 9.97. The number of hydrogen-bond acceptors (Lipinski definition) is 4. The first-order valence-electron chi connectivity index (χ1n) is 8.62. The lowest BCUT2D eigenvalue weighted by molar-refractivity contribution is -0.152. The molecule has 1 aliphatic heterocycles. The average molecular weight is 346 g/mol. The summed E-state index contributed by atoms with van der Waals surface area (Å²) in [5.41, 5.74) is 0.821. The van der Waals surface area contributed by atoms with Crippen LogP contribution in [0.15, 0.2) is 24.3 Å². The van der Waals surface area contributed by atoms with E-state index in [1.807, 2.05) is 0 Å². The van der Waals surface area contributed by atoms with Gasteiger partial charge in [-0.3, -0.25) is 9.59 Å². The summed E-state index contributed by atoms with van der Waals surface area (Å²) in [5.74, 6) is -1.44. The van der Waals surface area contributed by atoms with E-state index in [-0.39, 0.29) is 30.2 Å². The van der Waals surface area contributed by atoms with E-state index < -0.39 is 5.92 Å². The van der Waals surface area contributed by atoms with Crippen molar-refractivity contribution < 1.29 is 18.7 Å². The number of ether oxygens (including phenoxy) is 1. The predicted octanol–water partition coefficient (Wildman–Crippen LogP) is 2.70. The molecule has 2 rings (SSSR count). The van der Waals surface area contributed by atoms with E-state index in [0.29, 0.717) is 32.4 Å². The monoisotopic (exact) mass is 346 g/mol. The maximum absolute atomic E-state index is 12.9. The number of esters is 1. The van der Waals surface area contributed by atoms with Crippen molar-refractivity contribution in [2.75, 3.05) is 19.7 Å². The van der Waals surface area contributed by atoms with E-state index in [0.717, 1.165) is 12.0 Å². The highest BCUT2D eigenvalue weighted by molar-refractivity contribution is 5.78. The number of benzene rings is 1. The Morgan fingerprint density at radius 1 is 1.40 bits per heavy atom. The van der Waals surface area contributed by atoms with Crippen LogP contribution in [0.4, 0.5) is 4.39 Å². The molecule has 25 heavy (non-hydrogen) atoms. The predicted molar refractivity (Wildman–Crippen MR) is 89.8 cm³/mol. The third-order valence-electron chi connectivity index (χ3n) is 4.41. The second-order valence-electron chi connectivity index (χ2n) is 6.32. The van der Waals surface area contributed by atoms with Crippen molar-refractivity contribution in [2.24, 2.45) is 11.8 Å². The van der Waals surface area contributed by atoms with E-state index in [1.165, 1.54) is 12.1 Å². The number of likely N-dealkylation sites (tertiary alicyclic amines) is 1. The number of carbonyl (C=O) groups is 2. The Balaban J connectivity index is 1.84. The molecule has 1 aromatic carbocycles. The molecule has 1 amide bonds. The second kappa shape index (κ2) is 9.16. The van der Waals surface area contributed by atoms with Crippen LogP contribution in [0.3, 0.4) is 0 Å². The molecule has 134 valence electrons. The molecule has 1 aliphatic rings. The Hall–Kier alpha value is -2.42. The topological polar surface area (TPSA) is 70.4 Å². The number of amides is 1. The molecule has 1 heterocycles. The summed E-state index contributed by atoms with van der Waals surface area (Å²) < 4.78 is 18.2. The summed E-state index contributed by atoms with van der Waals surface area (Å²) in [6.07, 6.45) is 2.30. The molecule has 0 unspecified atom stereocenters. The summed E-state index contributed by atoms with van der Waals surface area (Å²) in [6.45, 7) is 2.88. The van der Waals surface area contributed by atoms with Crippen molar-refractivity contribution in [3.8, 4) is 6.07 Å². The van der Waals surface area contributed by atoms with Gasteiger partial charge < -0.3 is 9.64 Å². The van der Waals surface area contributed by atoms with Crippen LogP contribution in [-0.4, -0.2) is 36.5 Å². The molecule has 1 fully saturated rings. The normalized spacial score (nSPS) is 18.3. The molecule has 0 aromatic heterocycles. The highest BCUT2D eigenvalue weighted by Gasteiger charge is 2.29. The first-order valence-corrected chi connectivity index (χ1v) is 8.62. The molecule has 0 aliphatic carbocycles. The van der Waals surface area contributed by atoms with E-state index >= 15 is 0 Å². The van der Waals surface area contributed by atoms with Gasteiger partial charge >= 0.3 is 5.97 Å². The molecule has 5 nitrogen and oxygen atoms in total. The van der Waals surface area contributed by atoms with Crippen LogP contribution in [0.5, 0.6) is 0 Å². The van der Waals surface area contributed by atoms with Crippen LogP contribution >= 0.6 is 0 Å². The van der Waals surface area contributed by atoms with Gasteiger partial charge in [0, 0.05) is 19.5 Å². The number of nitrogens with zero attached hydrogens (tertiary/aromatic N) is 2. The summed E-state index contributed by atoms with van der Waals surface area (Å²) >= 11 is 0. The van der Waals surface area contributed by atoms with E-state index in [4.69, 9.17) is 4.74 Å². The van der Waals surface area contributed by atoms with Crippen molar-refractivity contribution in [2.45, 2.75) is 32.6 Å². The highest BCUT2D eigenvalue weighted by atomic mass is 19.1. The van der Waals surface area contributed by atoms with Crippen molar-refractivity contribution in [1.29, 1.82) is 5.26 Å². The third kappa shape index (κ3) is 5.56. The minimum atomic E-state index is -0.480. The van der Waals surface area contributed by atoms with Gasteiger partial charge in [-0.05, 0) is 37.0 Å². The number of rotatable bonds is 6. The number of nitriles is 1. The fourth-order valence-corrected chi connectivity index (χ4v) is 2.97. The van der Waals surface area contributed by atoms with Crippen molar-refractivity contribution in [3.63, 3.8) is 0 Å². The van der Waals surface area contributed by atoms with Crippen molar-refractivity contribution >= 4 is 11.9 Å². The Kier molecular flexibility index (Phi) is 6.93. The molecule has 0 spiro atoms. The van der Waals surface area contributed by atoms with Gasteiger partial charge in [-0.25, -0.2) is 4.39 Å². The van der Waals surface area contributed by atoms with Gasteiger partial charge in [-0.15, -0.1) is 0 Å². The molecule has 0 saturated carbocycles. The largest absolute Gasteiger partial charge is 0.464 e. The van der Waals surface area contributed by atoms with Crippen LogP contribution in [0, 0.1) is 29.0 Å². The maximum Gasteiger partial charge on any atom is 0.310 e. The van der Waals surface area contributed by atoms with E-state index in [9.17, 15) is 19.2 Å². The second-order valence-corrected chi connectivity index (χ2v) is 6.32. The van der Waals surface area contributed by atoms with Crippen LogP contribution in [0.25, 0.3) is 0 Å². The van der Waals surface area contributed by atoms with Crippen LogP contribution < -0.4 is 0 Å². The Morgan fingerprint density at radius 3 is 2.76 bits per heavy atom.